The third kappa shape index (κ3) is 4.02. The van der Waals surface area contributed by atoms with E-state index in [9.17, 15) is 9.50 Å². The summed E-state index contributed by atoms with van der Waals surface area (Å²) in [7, 11) is 0. The number of hydrogen-bond acceptors (Lipinski definition) is 3. The average Bonchev–Trinajstić information content (AvgIpc) is 2.57. The van der Waals surface area contributed by atoms with Gasteiger partial charge in [-0.2, -0.15) is 0 Å². The fraction of sp³-hybridized carbons (Fsp3) is 0.333. The fourth-order valence-electron chi connectivity index (χ4n) is 2.91. The number of hydrogen-bond donors (Lipinski definition) is 1. The van der Waals surface area contributed by atoms with E-state index in [4.69, 9.17) is 11.6 Å². The van der Waals surface area contributed by atoms with Crippen molar-refractivity contribution < 1.29 is 9.50 Å². The first-order valence-electron chi connectivity index (χ1n) is 7.79. The van der Waals surface area contributed by atoms with Gasteiger partial charge in [0.25, 0.3) is 0 Å². The number of halogens is 2. The summed E-state index contributed by atoms with van der Waals surface area (Å²) in [5, 5.41) is 11.0. The number of para-hydroxylation sites is 1. The Kier molecular flexibility index (Phi) is 5.16. The molecule has 1 N–H and O–H groups in total. The van der Waals surface area contributed by atoms with Crippen LogP contribution >= 0.6 is 11.6 Å². The zero-order valence-electron chi connectivity index (χ0n) is 12.8. The summed E-state index contributed by atoms with van der Waals surface area (Å²) in [6.07, 6.45) is -0.535. The number of aliphatic hydroxyl groups excluding tert-OH is 1. The Bertz CT molecular complexity index is 642. The smallest absolute Gasteiger partial charge is 0.146 e. The van der Waals surface area contributed by atoms with Gasteiger partial charge in [0.1, 0.15) is 5.82 Å². The van der Waals surface area contributed by atoms with Gasteiger partial charge in [0, 0.05) is 37.7 Å². The molecule has 122 valence electrons. The van der Waals surface area contributed by atoms with Crippen molar-refractivity contribution in [3.8, 4) is 0 Å². The molecule has 0 unspecified atom stereocenters. The molecule has 3 nitrogen and oxygen atoms in total. The summed E-state index contributed by atoms with van der Waals surface area (Å²) in [5.41, 5.74) is 1.52. The zero-order valence-corrected chi connectivity index (χ0v) is 13.6. The molecule has 23 heavy (non-hydrogen) atoms. The Morgan fingerprint density at radius 3 is 2.30 bits per heavy atom. The number of nitrogens with zero attached hydrogens (tertiary/aromatic N) is 2. The van der Waals surface area contributed by atoms with Crippen LogP contribution in [0.3, 0.4) is 0 Å². The number of benzene rings is 2. The molecular weight excluding hydrogens is 315 g/mol. The SMILES string of the molecule is O[C@@H](CN1CCN(c2ccccc2F)CC1)c1ccc(Cl)cc1. The molecule has 5 heteroatoms. The van der Waals surface area contributed by atoms with Gasteiger partial charge in [-0.15, -0.1) is 0 Å². The van der Waals surface area contributed by atoms with Crippen LogP contribution in [0.5, 0.6) is 0 Å². The quantitative estimate of drug-likeness (QED) is 0.929. The van der Waals surface area contributed by atoms with E-state index >= 15 is 0 Å². The number of β-amino-alcohol motifs (C(OH)–C–C–N with tert-alkyl or cyclic N) is 1. The highest BCUT2D eigenvalue weighted by Gasteiger charge is 2.21. The summed E-state index contributed by atoms with van der Waals surface area (Å²) in [5.74, 6) is -0.179. The third-order valence-electron chi connectivity index (χ3n) is 4.25. The number of rotatable bonds is 4. The van der Waals surface area contributed by atoms with Crippen LogP contribution in [0.2, 0.25) is 5.02 Å². The van der Waals surface area contributed by atoms with Gasteiger partial charge in [0.2, 0.25) is 0 Å². The Morgan fingerprint density at radius 2 is 1.65 bits per heavy atom. The van der Waals surface area contributed by atoms with Crippen molar-refractivity contribution in [3.63, 3.8) is 0 Å². The second-order valence-electron chi connectivity index (χ2n) is 5.81. The molecule has 0 bridgehead atoms. The molecule has 0 aromatic heterocycles. The third-order valence-corrected chi connectivity index (χ3v) is 4.50. The summed E-state index contributed by atoms with van der Waals surface area (Å²) in [6.45, 7) is 3.70. The van der Waals surface area contributed by atoms with Crippen LogP contribution in [0, 0.1) is 5.82 Å². The van der Waals surface area contributed by atoms with Crippen molar-refractivity contribution in [3.05, 3.63) is 64.9 Å². The van der Waals surface area contributed by atoms with Crippen molar-refractivity contribution in [2.45, 2.75) is 6.10 Å². The average molecular weight is 335 g/mol. The Hall–Kier alpha value is -1.62. The highest BCUT2D eigenvalue weighted by Crippen LogP contribution is 2.22. The van der Waals surface area contributed by atoms with Gasteiger partial charge in [-0.05, 0) is 29.8 Å². The van der Waals surface area contributed by atoms with Gasteiger partial charge < -0.3 is 10.0 Å². The van der Waals surface area contributed by atoms with E-state index in [0.29, 0.717) is 17.3 Å². The van der Waals surface area contributed by atoms with Crippen LogP contribution in [0.1, 0.15) is 11.7 Å². The van der Waals surface area contributed by atoms with Crippen LogP contribution < -0.4 is 4.90 Å². The zero-order chi connectivity index (χ0) is 16.2. The molecule has 2 aromatic rings. The maximum Gasteiger partial charge on any atom is 0.146 e. The lowest BCUT2D eigenvalue weighted by Gasteiger charge is -2.37. The largest absolute Gasteiger partial charge is 0.387 e. The molecule has 1 aliphatic heterocycles. The highest BCUT2D eigenvalue weighted by atomic mass is 35.5. The molecule has 0 amide bonds. The van der Waals surface area contributed by atoms with Crippen LogP contribution in [-0.2, 0) is 0 Å². The Morgan fingerprint density at radius 1 is 1.00 bits per heavy atom. The number of aliphatic hydroxyl groups is 1. The lowest BCUT2D eigenvalue weighted by atomic mass is 10.1. The molecule has 2 aromatic carbocycles. The lowest BCUT2D eigenvalue weighted by Crippen LogP contribution is -2.47. The Balaban J connectivity index is 1.55. The van der Waals surface area contributed by atoms with E-state index < -0.39 is 6.10 Å². The van der Waals surface area contributed by atoms with E-state index in [1.165, 1.54) is 6.07 Å². The molecule has 0 aliphatic carbocycles. The lowest BCUT2D eigenvalue weighted by molar-refractivity contribution is 0.109. The monoisotopic (exact) mass is 334 g/mol. The molecule has 0 spiro atoms. The summed E-state index contributed by atoms with van der Waals surface area (Å²) in [6, 6.07) is 14.1. The molecule has 1 saturated heterocycles. The minimum absolute atomic E-state index is 0.179. The van der Waals surface area contributed by atoms with Crippen LogP contribution in [0.15, 0.2) is 48.5 Å². The highest BCUT2D eigenvalue weighted by molar-refractivity contribution is 6.30. The molecule has 0 radical (unpaired) electrons. The normalized spacial score (nSPS) is 17.3. The minimum Gasteiger partial charge on any atom is -0.387 e. The molecule has 1 heterocycles. The molecule has 1 aliphatic rings. The predicted octanol–water partition coefficient (Wildman–Crippen LogP) is 3.33. The van der Waals surface area contributed by atoms with Crippen molar-refractivity contribution in [2.24, 2.45) is 0 Å². The van der Waals surface area contributed by atoms with E-state index in [-0.39, 0.29) is 5.82 Å². The van der Waals surface area contributed by atoms with E-state index in [1.54, 1.807) is 18.2 Å². The van der Waals surface area contributed by atoms with Crippen molar-refractivity contribution in [2.75, 3.05) is 37.6 Å². The van der Waals surface area contributed by atoms with E-state index in [0.717, 1.165) is 31.7 Å². The van der Waals surface area contributed by atoms with Crippen molar-refractivity contribution in [1.29, 1.82) is 0 Å². The van der Waals surface area contributed by atoms with Crippen LogP contribution in [-0.4, -0.2) is 42.7 Å². The number of anilines is 1. The summed E-state index contributed by atoms with van der Waals surface area (Å²) >= 11 is 5.87. The van der Waals surface area contributed by atoms with Gasteiger partial charge in [-0.25, -0.2) is 4.39 Å². The van der Waals surface area contributed by atoms with Crippen molar-refractivity contribution in [1.82, 2.24) is 4.90 Å². The first kappa shape index (κ1) is 16.2. The molecule has 1 atom stereocenters. The van der Waals surface area contributed by atoms with Gasteiger partial charge in [-0.1, -0.05) is 35.9 Å². The van der Waals surface area contributed by atoms with Gasteiger partial charge in [-0.3, -0.25) is 4.90 Å². The number of piperazine rings is 1. The second kappa shape index (κ2) is 7.30. The first-order chi connectivity index (χ1) is 11.1. The standard InChI is InChI=1S/C18H20ClFN2O/c19-15-7-5-14(6-8-15)18(23)13-21-9-11-22(12-10-21)17-4-2-1-3-16(17)20/h1-8,18,23H,9-13H2/t18-/m0/s1. The molecular formula is C18H20ClFN2O. The molecule has 1 fully saturated rings. The van der Waals surface area contributed by atoms with Crippen LogP contribution in [0.4, 0.5) is 10.1 Å². The van der Waals surface area contributed by atoms with Crippen LogP contribution in [0.25, 0.3) is 0 Å². The summed E-state index contributed by atoms with van der Waals surface area (Å²) < 4.78 is 13.8. The second-order valence-corrected chi connectivity index (χ2v) is 6.24. The summed E-state index contributed by atoms with van der Waals surface area (Å²) in [4.78, 5) is 4.26. The Labute approximate surface area is 140 Å². The van der Waals surface area contributed by atoms with Gasteiger partial charge >= 0.3 is 0 Å². The van der Waals surface area contributed by atoms with Crippen molar-refractivity contribution >= 4 is 17.3 Å². The first-order valence-corrected chi connectivity index (χ1v) is 8.16. The predicted molar refractivity (Wildman–Crippen MR) is 91.5 cm³/mol. The fourth-order valence-corrected chi connectivity index (χ4v) is 3.04. The maximum atomic E-state index is 13.8. The molecule has 3 rings (SSSR count). The minimum atomic E-state index is -0.535. The van der Waals surface area contributed by atoms with E-state index in [2.05, 4.69) is 9.80 Å². The van der Waals surface area contributed by atoms with E-state index in [1.807, 2.05) is 24.3 Å². The topological polar surface area (TPSA) is 26.7 Å². The van der Waals surface area contributed by atoms with Gasteiger partial charge in [0.05, 0.1) is 11.8 Å². The van der Waals surface area contributed by atoms with Gasteiger partial charge in [0.15, 0.2) is 0 Å². The maximum absolute atomic E-state index is 13.8. The molecule has 0 saturated carbocycles.